The Kier molecular flexibility index (Phi) is 5.35. The average molecular weight is 135 g/mol. The highest BCUT2D eigenvalue weighted by Gasteiger charge is 2.02. The molecule has 0 N–H and O–H groups in total. The normalized spacial score (nSPS) is 13.1. The predicted molar refractivity (Wildman–Crippen MR) is 28.4 cm³/mol. The van der Waals surface area contributed by atoms with Gasteiger partial charge in [-0.2, -0.15) is 0 Å². The Balaban J connectivity index is 2.96. The summed E-state index contributed by atoms with van der Waals surface area (Å²) in [6, 6.07) is 0. The van der Waals surface area contributed by atoms with Gasteiger partial charge in [-0.25, -0.2) is 4.39 Å². The Morgan fingerprint density at radius 2 is 2.33 bits per heavy atom. The summed E-state index contributed by atoms with van der Waals surface area (Å²) in [5, 5.41) is 0. The van der Waals surface area contributed by atoms with Crippen molar-refractivity contribution in [3.8, 4) is 0 Å². The van der Waals surface area contributed by atoms with E-state index in [-0.39, 0.29) is 13.2 Å². The summed E-state index contributed by atoms with van der Waals surface area (Å²) in [5.74, 6) is 0. The molecule has 0 fully saturated rings. The number of ether oxygens (including phenoxy) is 2. The number of alkyl halides is 1. The van der Waals surface area contributed by atoms with Crippen LogP contribution in [0.5, 0.6) is 0 Å². The summed E-state index contributed by atoms with van der Waals surface area (Å²) >= 11 is 0. The lowest BCUT2D eigenvalue weighted by molar-refractivity contribution is -0.0147. The first-order chi connectivity index (χ1) is 4.31. The summed E-state index contributed by atoms with van der Waals surface area (Å²) in [6.07, 6.45) is -0.901. The summed E-state index contributed by atoms with van der Waals surface area (Å²) in [6.45, 7) is 0.356. The van der Waals surface area contributed by atoms with E-state index < -0.39 is 6.36 Å². The fourth-order valence-corrected chi connectivity index (χ4v) is 0.269. The molecule has 0 rings (SSSR count). The molecule has 0 saturated carbocycles. The highest BCUT2D eigenvalue weighted by molar-refractivity contribution is 5.54. The molecular weight excluding hydrogens is 127 g/mol. The van der Waals surface area contributed by atoms with Crippen LogP contribution in [0, 0.1) is 0 Å². The smallest absolute Gasteiger partial charge is 0.266 e. The molecule has 0 amide bonds. The zero-order chi connectivity index (χ0) is 7.11. The summed E-state index contributed by atoms with van der Waals surface area (Å²) in [7, 11) is 1.46. The molecule has 0 aliphatic rings. The number of methoxy groups -OCH3 is 1. The average Bonchev–Trinajstić information content (AvgIpc) is 1.89. The van der Waals surface area contributed by atoms with Crippen LogP contribution in [0.3, 0.4) is 0 Å². The van der Waals surface area contributed by atoms with Crippen molar-refractivity contribution >= 4 is 6.29 Å². The zero-order valence-corrected chi connectivity index (χ0v) is 5.09. The van der Waals surface area contributed by atoms with Gasteiger partial charge < -0.3 is 9.47 Å². The van der Waals surface area contributed by atoms with Crippen LogP contribution in [0.15, 0.2) is 0 Å². The summed E-state index contributed by atoms with van der Waals surface area (Å²) in [4.78, 5) is 9.43. The Bertz CT molecular complexity index is 76.6. The molecule has 0 saturated heterocycles. The minimum atomic E-state index is -1.93. The SMILES string of the molecule is COCCOC(F)[C]=O. The molecule has 0 spiro atoms. The zero-order valence-electron chi connectivity index (χ0n) is 5.09. The number of rotatable bonds is 5. The molecule has 3 nitrogen and oxygen atoms in total. The van der Waals surface area contributed by atoms with Crippen molar-refractivity contribution in [1.82, 2.24) is 0 Å². The van der Waals surface area contributed by atoms with Crippen LogP contribution in [0.2, 0.25) is 0 Å². The third-order valence-corrected chi connectivity index (χ3v) is 0.644. The number of halogens is 1. The van der Waals surface area contributed by atoms with Crippen molar-refractivity contribution in [3.63, 3.8) is 0 Å². The van der Waals surface area contributed by atoms with Crippen molar-refractivity contribution in [2.45, 2.75) is 6.36 Å². The Labute approximate surface area is 52.8 Å². The first-order valence-electron chi connectivity index (χ1n) is 2.43. The number of hydrogen-bond donors (Lipinski definition) is 0. The molecule has 0 aliphatic heterocycles. The second-order valence-corrected chi connectivity index (χ2v) is 1.30. The molecule has 0 heterocycles. The van der Waals surface area contributed by atoms with E-state index in [0.29, 0.717) is 0 Å². The Morgan fingerprint density at radius 1 is 1.67 bits per heavy atom. The number of hydrogen-bond acceptors (Lipinski definition) is 3. The largest absolute Gasteiger partial charge is 0.382 e. The van der Waals surface area contributed by atoms with Gasteiger partial charge in [0, 0.05) is 7.11 Å². The summed E-state index contributed by atoms with van der Waals surface area (Å²) < 4.78 is 20.5. The molecule has 0 aliphatic carbocycles. The van der Waals surface area contributed by atoms with Crippen LogP contribution in [0.25, 0.3) is 0 Å². The van der Waals surface area contributed by atoms with Gasteiger partial charge in [0.15, 0.2) is 0 Å². The van der Waals surface area contributed by atoms with Crippen molar-refractivity contribution in [1.29, 1.82) is 0 Å². The Morgan fingerprint density at radius 3 is 2.78 bits per heavy atom. The van der Waals surface area contributed by atoms with Gasteiger partial charge in [-0.05, 0) is 0 Å². The van der Waals surface area contributed by atoms with E-state index in [0.717, 1.165) is 6.29 Å². The van der Waals surface area contributed by atoms with E-state index in [1.807, 2.05) is 0 Å². The second-order valence-electron chi connectivity index (χ2n) is 1.30. The van der Waals surface area contributed by atoms with Gasteiger partial charge in [0.2, 0.25) is 0 Å². The number of carbonyl (C=O) groups excluding carboxylic acids is 1. The molecule has 1 unspecified atom stereocenters. The lowest BCUT2D eigenvalue weighted by Crippen LogP contribution is -2.11. The lowest BCUT2D eigenvalue weighted by atomic mass is 10.7. The first kappa shape index (κ1) is 8.52. The van der Waals surface area contributed by atoms with E-state index in [1.165, 1.54) is 7.11 Å². The Hall–Kier alpha value is -0.480. The van der Waals surface area contributed by atoms with Crippen molar-refractivity contribution in [3.05, 3.63) is 0 Å². The molecule has 0 aromatic carbocycles. The fraction of sp³-hybridized carbons (Fsp3) is 0.800. The molecule has 0 bridgehead atoms. The van der Waals surface area contributed by atoms with E-state index in [1.54, 1.807) is 0 Å². The third kappa shape index (κ3) is 5.39. The van der Waals surface area contributed by atoms with E-state index >= 15 is 0 Å². The van der Waals surface area contributed by atoms with Crippen LogP contribution >= 0.6 is 0 Å². The maximum absolute atomic E-state index is 11.8. The monoisotopic (exact) mass is 135 g/mol. The molecule has 0 aromatic heterocycles. The molecular formula is C5H8FO3. The maximum atomic E-state index is 11.8. The van der Waals surface area contributed by atoms with Crippen molar-refractivity contribution in [2.75, 3.05) is 20.3 Å². The van der Waals surface area contributed by atoms with Crippen molar-refractivity contribution < 1.29 is 18.7 Å². The van der Waals surface area contributed by atoms with Gasteiger partial charge in [-0.1, -0.05) is 0 Å². The van der Waals surface area contributed by atoms with Crippen LogP contribution in [0.1, 0.15) is 0 Å². The molecule has 53 valence electrons. The van der Waals surface area contributed by atoms with E-state index in [4.69, 9.17) is 0 Å². The summed E-state index contributed by atoms with van der Waals surface area (Å²) in [5.41, 5.74) is 0. The molecule has 1 atom stereocenters. The molecule has 1 radical (unpaired) electrons. The maximum Gasteiger partial charge on any atom is 0.266 e. The van der Waals surface area contributed by atoms with Gasteiger partial charge in [-0.3, -0.25) is 4.79 Å². The predicted octanol–water partition coefficient (Wildman–Crippen LogP) is 0.0547. The van der Waals surface area contributed by atoms with Crippen LogP contribution in [-0.2, 0) is 14.3 Å². The minimum Gasteiger partial charge on any atom is -0.382 e. The first-order valence-corrected chi connectivity index (χ1v) is 2.43. The minimum absolute atomic E-state index is 0.0763. The van der Waals surface area contributed by atoms with Crippen LogP contribution in [-0.4, -0.2) is 33.0 Å². The highest BCUT2D eigenvalue weighted by atomic mass is 19.1. The highest BCUT2D eigenvalue weighted by Crippen LogP contribution is 1.87. The topological polar surface area (TPSA) is 35.5 Å². The van der Waals surface area contributed by atoms with Gasteiger partial charge in [0.05, 0.1) is 13.2 Å². The molecule has 4 heteroatoms. The van der Waals surface area contributed by atoms with Crippen molar-refractivity contribution in [2.24, 2.45) is 0 Å². The second kappa shape index (κ2) is 5.65. The van der Waals surface area contributed by atoms with Gasteiger partial charge >= 0.3 is 0 Å². The van der Waals surface area contributed by atoms with Crippen LogP contribution < -0.4 is 0 Å². The van der Waals surface area contributed by atoms with Gasteiger partial charge in [0.25, 0.3) is 12.6 Å². The molecule has 0 aromatic rings. The molecule has 9 heavy (non-hydrogen) atoms. The van der Waals surface area contributed by atoms with E-state index in [2.05, 4.69) is 9.47 Å². The quantitative estimate of drug-likeness (QED) is 0.500. The van der Waals surface area contributed by atoms with E-state index in [9.17, 15) is 9.18 Å². The van der Waals surface area contributed by atoms with Crippen LogP contribution in [0.4, 0.5) is 4.39 Å². The fourth-order valence-electron chi connectivity index (χ4n) is 0.269. The third-order valence-electron chi connectivity index (χ3n) is 0.644. The standard InChI is InChI=1S/C5H8FO3/c1-8-2-3-9-5(6)4-7/h5H,2-3H2,1H3. The van der Waals surface area contributed by atoms with Gasteiger partial charge in [0.1, 0.15) is 0 Å². The lowest BCUT2D eigenvalue weighted by Gasteiger charge is -2.00. The van der Waals surface area contributed by atoms with Gasteiger partial charge in [-0.15, -0.1) is 0 Å².